The van der Waals surface area contributed by atoms with Crippen LogP contribution in [0.3, 0.4) is 0 Å². The number of nitrogens with zero attached hydrogens (tertiary/aromatic N) is 1. The first kappa shape index (κ1) is 10.0. The Morgan fingerprint density at radius 3 is 2.50 bits per heavy atom. The van der Waals surface area contributed by atoms with Gasteiger partial charge in [0.2, 0.25) is 5.91 Å². The first-order valence-electron chi connectivity index (χ1n) is 5.90. The maximum atomic E-state index is 11.9. The van der Waals surface area contributed by atoms with Crippen molar-refractivity contribution in [1.82, 2.24) is 4.90 Å². The minimum Gasteiger partial charge on any atom is -0.339 e. The molecular weight excluding hydrogens is 174 g/mol. The second-order valence-corrected chi connectivity index (χ2v) is 5.35. The van der Waals surface area contributed by atoms with Crippen molar-refractivity contribution in [3.05, 3.63) is 0 Å². The lowest BCUT2D eigenvalue weighted by Gasteiger charge is -2.49. The third kappa shape index (κ3) is 1.55. The Hall–Kier alpha value is -0.530. The van der Waals surface area contributed by atoms with E-state index in [2.05, 4.69) is 11.8 Å². The molecule has 1 aliphatic carbocycles. The van der Waals surface area contributed by atoms with Gasteiger partial charge in [0.15, 0.2) is 0 Å². The second kappa shape index (κ2) is 3.56. The van der Waals surface area contributed by atoms with Gasteiger partial charge in [-0.3, -0.25) is 4.79 Å². The molecule has 14 heavy (non-hydrogen) atoms. The summed E-state index contributed by atoms with van der Waals surface area (Å²) in [5.41, 5.74) is 0. The average Bonchev–Trinajstić information content (AvgIpc) is 2.17. The van der Waals surface area contributed by atoms with Crippen molar-refractivity contribution in [2.75, 3.05) is 6.54 Å². The van der Waals surface area contributed by atoms with Crippen LogP contribution in [0.15, 0.2) is 0 Å². The molecule has 2 saturated heterocycles. The summed E-state index contributed by atoms with van der Waals surface area (Å²) in [4.78, 5) is 14.1. The topological polar surface area (TPSA) is 20.3 Å². The number of piperidine rings is 2. The maximum absolute atomic E-state index is 11.9. The van der Waals surface area contributed by atoms with E-state index in [1.165, 1.54) is 19.3 Å². The molecule has 0 spiro atoms. The molecule has 0 radical (unpaired) electrons. The lowest BCUT2D eigenvalue weighted by Crippen LogP contribution is -2.54. The molecule has 1 amide bonds. The van der Waals surface area contributed by atoms with E-state index in [4.69, 9.17) is 0 Å². The van der Waals surface area contributed by atoms with Crippen LogP contribution in [0.1, 0.15) is 40.0 Å². The van der Waals surface area contributed by atoms with E-state index in [1.807, 2.05) is 13.8 Å². The molecule has 3 unspecified atom stereocenters. The Morgan fingerprint density at radius 1 is 1.36 bits per heavy atom. The van der Waals surface area contributed by atoms with Crippen LogP contribution in [0.4, 0.5) is 0 Å². The molecule has 3 fully saturated rings. The third-order valence-corrected chi connectivity index (χ3v) is 3.97. The fourth-order valence-corrected chi connectivity index (χ4v) is 2.99. The van der Waals surface area contributed by atoms with Crippen LogP contribution in [-0.2, 0) is 4.79 Å². The highest BCUT2D eigenvalue weighted by atomic mass is 16.2. The minimum absolute atomic E-state index is 0.171. The van der Waals surface area contributed by atoms with E-state index in [9.17, 15) is 4.79 Å². The zero-order valence-corrected chi connectivity index (χ0v) is 9.49. The number of fused-ring (bicyclic) bond motifs is 3. The molecule has 2 heterocycles. The van der Waals surface area contributed by atoms with Crippen LogP contribution in [-0.4, -0.2) is 23.4 Å². The summed E-state index contributed by atoms with van der Waals surface area (Å²) in [6, 6.07) is 0.560. The molecule has 80 valence electrons. The van der Waals surface area contributed by atoms with Gasteiger partial charge in [-0.25, -0.2) is 0 Å². The van der Waals surface area contributed by atoms with Gasteiger partial charge in [-0.15, -0.1) is 0 Å². The maximum Gasteiger partial charge on any atom is 0.225 e. The summed E-state index contributed by atoms with van der Waals surface area (Å²) in [5, 5.41) is 0. The minimum atomic E-state index is 0.171. The summed E-state index contributed by atoms with van der Waals surface area (Å²) >= 11 is 0. The van der Waals surface area contributed by atoms with E-state index in [0.717, 1.165) is 18.4 Å². The Labute approximate surface area is 86.7 Å². The van der Waals surface area contributed by atoms with E-state index in [-0.39, 0.29) is 5.92 Å². The highest BCUT2D eigenvalue weighted by Crippen LogP contribution is 2.39. The van der Waals surface area contributed by atoms with Crippen LogP contribution < -0.4 is 0 Å². The molecular formula is C12H21NO. The molecule has 3 atom stereocenters. The van der Waals surface area contributed by atoms with Crippen molar-refractivity contribution in [1.29, 1.82) is 0 Å². The number of amides is 1. The van der Waals surface area contributed by atoms with Crippen molar-refractivity contribution < 1.29 is 4.79 Å². The molecule has 2 nitrogen and oxygen atoms in total. The Bertz CT molecular complexity index is 236. The van der Waals surface area contributed by atoms with E-state index in [0.29, 0.717) is 11.9 Å². The molecule has 2 heteroatoms. The zero-order valence-electron chi connectivity index (χ0n) is 9.49. The molecule has 2 aliphatic heterocycles. The summed E-state index contributed by atoms with van der Waals surface area (Å²) in [5.74, 6) is 2.16. The highest BCUT2D eigenvalue weighted by Gasteiger charge is 2.40. The predicted octanol–water partition coefficient (Wildman–Crippen LogP) is 2.29. The van der Waals surface area contributed by atoms with Crippen LogP contribution in [0.2, 0.25) is 0 Å². The number of carbonyl (C=O) groups is 1. The fourth-order valence-electron chi connectivity index (χ4n) is 2.99. The third-order valence-electron chi connectivity index (χ3n) is 3.97. The van der Waals surface area contributed by atoms with Crippen molar-refractivity contribution in [3.63, 3.8) is 0 Å². The monoisotopic (exact) mass is 195 g/mol. The largest absolute Gasteiger partial charge is 0.339 e. The predicted molar refractivity (Wildman–Crippen MR) is 56.8 cm³/mol. The average molecular weight is 195 g/mol. The molecule has 0 aromatic rings. The summed E-state index contributed by atoms with van der Waals surface area (Å²) in [7, 11) is 0. The van der Waals surface area contributed by atoms with Gasteiger partial charge in [-0.2, -0.15) is 0 Å². The molecule has 0 N–H and O–H groups in total. The fraction of sp³-hybridized carbons (Fsp3) is 0.917. The van der Waals surface area contributed by atoms with Crippen LogP contribution in [0, 0.1) is 17.8 Å². The normalized spacial score (nSPS) is 36.6. The Morgan fingerprint density at radius 2 is 2.07 bits per heavy atom. The van der Waals surface area contributed by atoms with Crippen LogP contribution in [0.5, 0.6) is 0 Å². The van der Waals surface area contributed by atoms with Crippen molar-refractivity contribution in [3.8, 4) is 0 Å². The van der Waals surface area contributed by atoms with Crippen molar-refractivity contribution >= 4 is 5.91 Å². The Balaban J connectivity index is 2.07. The molecule has 1 saturated carbocycles. The number of carbonyl (C=O) groups excluding carboxylic acids is 1. The van der Waals surface area contributed by atoms with Gasteiger partial charge in [0.1, 0.15) is 0 Å². The van der Waals surface area contributed by atoms with Gasteiger partial charge in [0, 0.05) is 18.5 Å². The molecule has 0 aromatic carbocycles. The summed E-state index contributed by atoms with van der Waals surface area (Å²) < 4.78 is 0. The van der Waals surface area contributed by atoms with Gasteiger partial charge in [0.25, 0.3) is 0 Å². The van der Waals surface area contributed by atoms with E-state index >= 15 is 0 Å². The zero-order chi connectivity index (χ0) is 10.3. The SMILES string of the molecule is CC(C)C(=O)N1CC2CCC1CC2C. The lowest BCUT2D eigenvalue weighted by atomic mass is 9.72. The van der Waals surface area contributed by atoms with Crippen molar-refractivity contribution in [2.45, 2.75) is 46.1 Å². The lowest BCUT2D eigenvalue weighted by molar-refractivity contribution is -0.143. The van der Waals surface area contributed by atoms with Crippen LogP contribution in [0.25, 0.3) is 0 Å². The molecule has 2 bridgehead atoms. The van der Waals surface area contributed by atoms with Crippen molar-refractivity contribution in [2.24, 2.45) is 17.8 Å². The summed E-state index contributed by atoms with van der Waals surface area (Å²) in [6.45, 7) is 7.39. The van der Waals surface area contributed by atoms with E-state index in [1.54, 1.807) is 0 Å². The van der Waals surface area contributed by atoms with E-state index < -0.39 is 0 Å². The van der Waals surface area contributed by atoms with Gasteiger partial charge in [-0.1, -0.05) is 20.8 Å². The van der Waals surface area contributed by atoms with Gasteiger partial charge < -0.3 is 4.90 Å². The summed E-state index contributed by atoms with van der Waals surface area (Å²) in [6.07, 6.45) is 3.82. The van der Waals surface area contributed by atoms with Gasteiger partial charge >= 0.3 is 0 Å². The molecule has 0 aromatic heterocycles. The quantitative estimate of drug-likeness (QED) is 0.628. The highest BCUT2D eigenvalue weighted by molar-refractivity contribution is 5.78. The molecule has 3 rings (SSSR count). The number of rotatable bonds is 1. The van der Waals surface area contributed by atoms with Crippen LogP contribution >= 0.6 is 0 Å². The Kier molecular flexibility index (Phi) is 2.54. The second-order valence-electron chi connectivity index (χ2n) is 5.35. The smallest absolute Gasteiger partial charge is 0.225 e. The number of hydrogen-bond donors (Lipinski definition) is 0. The number of hydrogen-bond acceptors (Lipinski definition) is 1. The van der Waals surface area contributed by atoms with Gasteiger partial charge in [0.05, 0.1) is 0 Å². The standard InChI is InChI=1S/C12H21NO/c1-8(2)12(14)13-7-10-4-5-11(13)6-9(10)3/h8-11H,4-7H2,1-3H3. The first-order valence-corrected chi connectivity index (χ1v) is 5.90. The van der Waals surface area contributed by atoms with Gasteiger partial charge in [-0.05, 0) is 31.1 Å². The first-order chi connectivity index (χ1) is 6.59. The molecule has 3 aliphatic rings.